The van der Waals surface area contributed by atoms with Crippen LogP contribution >= 0.6 is 0 Å². The topological polar surface area (TPSA) is 107 Å². The summed E-state index contributed by atoms with van der Waals surface area (Å²) in [5.74, 6) is 0. The summed E-state index contributed by atoms with van der Waals surface area (Å²) in [7, 11) is -9.77. The Labute approximate surface area is 166 Å². The van der Waals surface area contributed by atoms with Gasteiger partial charge in [0.1, 0.15) is 0 Å². The van der Waals surface area contributed by atoms with Crippen LogP contribution in [0.25, 0.3) is 0 Å². The lowest BCUT2D eigenvalue weighted by Crippen LogP contribution is -2.15. The monoisotopic (exact) mass is 430 g/mol. The zero-order chi connectivity index (χ0) is 20.4. The van der Waals surface area contributed by atoms with Crippen LogP contribution in [-0.2, 0) is 28.6 Å². The maximum Gasteiger partial charge on any atom is 0.416 e. The maximum atomic E-state index is 11.0. The van der Waals surface area contributed by atoms with E-state index in [1.165, 1.54) is 77.0 Å². The molecule has 0 fully saturated rings. The maximum absolute atomic E-state index is 11.0. The molecule has 0 aliphatic heterocycles. The summed E-state index contributed by atoms with van der Waals surface area (Å²) in [6.45, 7) is 2.09. The van der Waals surface area contributed by atoms with E-state index in [0.717, 1.165) is 19.3 Å². The van der Waals surface area contributed by atoms with Gasteiger partial charge >= 0.3 is 20.8 Å². The standard InChI is InChI=1S/C18H38O7S2/c1-2-3-4-5-6-7-8-9-10-11-12-13-14-15-16-17-18-24-27(22,23)25-26(19,20)21/h2-18H2,1H3,(H,19,20,21). The van der Waals surface area contributed by atoms with Crippen LogP contribution in [0.5, 0.6) is 0 Å². The Balaban J connectivity index is 3.28. The Bertz CT molecular complexity index is 530. The summed E-state index contributed by atoms with van der Waals surface area (Å²) in [6, 6.07) is 0. The van der Waals surface area contributed by atoms with E-state index in [9.17, 15) is 16.8 Å². The lowest BCUT2D eigenvalue weighted by atomic mass is 10.0. The minimum atomic E-state index is -5.07. The van der Waals surface area contributed by atoms with Crippen molar-refractivity contribution in [3.05, 3.63) is 0 Å². The lowest BCUT2D eigenvalue weighted by Gasteiger charge is -2.04. The Kier molecular flexibility index (Phi) is 16.6. The van der Waals surface area contributed by atoms with Crippen LogP contribution in [0.2, 0.25) is 0 Å². The van der Waals surface area contributed by atoms with Gasteiger partial charge < -0.3 is 0 Å². The van der Waals surface area contributed by atoms with Gasteiger partial charge in [0.15, 0.2) is 0 Å². The van der Waals surface area contributed by atoms with Crippen molar-refractivity contribution in [1.82, 2.24) is 0 Å². The summed E-state index contributed by atoms with van der Waals surface area (Å²) in [5.41, 5.74) is 0. The van der Waals surface area contributed by atoms with E-state index in [1.54, 1.807) is 0 Å². The van der Waals surface area contributed by atoms with Crippen molar-refractivity contribution < 1.29 is 29.2 Å². The molecule has 0 aliphatic carbocycles. The van der Waals surface area contributed by atoms with Crippen molar-refractivity contribution in [3.63, 3.8) is 0 Å². The average Bonchev–Trinajstić information content (AvgIpc) is 2.55. The van der Waals surface area contributed by atoms with Gasteiger partial charge in [-0.05, 0) is 6.42 Å². The van der Waals surface area contributed by atoms with E-state index in [1.807, 2.05) is 0 Å². The summed E-state index contributed by atoms with van der Waals surface area (Å²) >= 11 is 0. The molecule has 0 aromatic rings. The first-order valence-electron chi connectivity index (χ1n) is 10.3. The van der Waals surface area contributed by atoms with E-state index in [2.05, 4.69) is 14.7 Å². The second-order valence-corrected chi connectivity index (χ2v) is 9.48. The van der Waals surface area contributed by atoms with Crippen LogP contribution in [0.15, 0.2) is 0 Å². The van der Waals surface area contributed by atoms with Crippen molar-refractivity contribution in [3.8, 4) is 0 Å². The Morgan fingerprint density at radius 1 is 0.593 bits per heavy atom. The summed E-state index contributed by atoms with van der Waals surface area (Å²) in [4.78, 5) is 0. The number of rotatable bonds is 20. The summed E-state index contributed by atoms with van der Waals surface area (Å²) in [6.07, 6.45) is 19.3. The van der Waals surface area contributed by atoms with Crippen LogP contribution in [0, 0.1) is 0 Å². The molecular weight excluding hydrogens is 392 g/mol. The highest BCUT2D eigenvalue weighted by Gasteiger charge is 2.20. The number of unbranched alkanes of at least 4 members (excludes halogenated alkanes) is 15. The highest BCUT2D eigenvalue weighted by atomic mass is 32.3. The number of hydrogen-bond donors (Lipinski definition) is 1. The molecule has 27 heavy (non-hydrogen) atoms. The summed E-state index contributed by atoms with van der Waals surface area (Å²) in [5, 5.41) is 0. The fraction of sp³-hybridized carbons (Fsp3) is 1.00. The van der Waals surface area contributed by atoms with Gasteiger partial charge in [-0.1, -0.05) is 103 Å². The van der Waals surface area contributed by atoms with Crippen molar-refractivity contribution in [2.24, 2.45) is 0 Å². The van der Waals surface area contributed by atoms with Gasteiger partial charge in [-0.3, -0.25) is 4.55 Å². The zero-order valence-corrected chi connectivity index (χ0v) is 18.4. The highest BCUT2D eigenvalue weighted by Crippen LogP contribution is 2.14. The quantitative estimate of drug-likeness (QED) is 0.205. The molecule has 0 aliphatic rings. The Morgan fingerprint density at radius 2 is 0.926 bits per heavy atom. The van der Waals surface area contributed by atoms with Crippen molar-refractivity contribution >= 4 is 20.8 Å². The van der Waals surface area contributed by atoms with Gasteiger partial charge in [0.05, 0.1) is 6.61 Å². The molecule has 0 radical (unpaired) electrons. The highest BCUT2D eigenvalue weighted by molar-refractivity contribution is 7.94. The predicted octanol–water partition coefficient (Wildman–Crippen LogP) is 5.33. The third-order valence-corrected chi connectivity index (χ3v) is 6.20. The molecule has 0 amide bonds. The normalized spacial score (nSPS) is 12.5. The van der Waals surface area contributed by atoms with Gasteiger partial charge in [-0.2, -0.15) is 16.8 Å². The van der Waals surface area contributed by atoms with Crippen LogP contribution < -0.4 is 0 Å². The van der Waals surface area contributed by atoms with Crippen molar-refractivity contribution in [1.29, 1.82) is 0 Å². The molecule has 164 valence electrons. The molecule has 0 saturated heterocycles. The molecule has 0 heterocycles. The molecule has 0 aromatic carbocycles. The van der Waals surface area contributed by atoms with Crippen LogP contribution in [0.4, 0.5) is 0 Å². The van der Waals surface area contributed by atoms with E-state index in [4.69, 9.17) is 4.55 Å². The van der Waals surface area contributed by atoms with E-state index in [0.29, 0.717) is 6.42 Å². The molecular formula is C18H38O7S2. The molecule has 0 rings (SSSR count). The molecule has 0 atom stereocenters. The largest absolute Gasteiger partial charge is 0.416 e. The third kappa shape index (κ3) is 21.9. The first-order valence-corrected chi connectivity index (χ1v) is 13.0. The van der Waals surface area contributed by atoms with E-state index >= 15 is 0 Å². The van der Waals surface area contributed by atoms with Gasteiger partial charge in [-0.15, -0.1) is 3.63 Å². The molecule has 9 heteroatoms. The molecule has 0 saturated carbocycles. The van der Waals surface area contributed by atoms with E-state index in [-0.39, 0.29) is 6.61 Å². The van der Waals surface area contributed by atoms with Crippen molar-refractivity contribution in [2.75, 3.05) is 6.61 Å². The Hall–Kier alpha value is -0.220. The molecule has 0 bridgehead atoms. The lowest BCUT2D eigenvalue weighted by molar-refractivity contribution is 0.258. The smallest absolute Gasteiger partial charge is 0.263 e. The third-order valence-electron chi connectivity index (χ3n) is 4.39. The number of hydrogen-bond acceptors (Lipinski definition) is 6. The second kappa shape index (κ2) is 16.7. The van der Waals surface area contributed by atoms with E-state index < -0.39 is 20.8 Å². The molecule has 0 aromatic heterocycles. The van der Waals surface area contributed by atoms with Gasteiger partial charge in [-0.25, -0.2) is 4.18 Å². The minimum absolute atomic E-state index is 0.156. The van der Waals surface area contributed by atoms with Gasteiger partial charge in [0, 0.05) is 0 Å². The van der Waals surface area contributed by atoms with Crippen LogP contribution in [-0.4, -0.2) is 28.0 Å². The average molecular weight is 431 g/mol. The Morgan fingerprint density at radius 3 is 1.26 bits per heavy atom. The minimum Gasteiger partial charge on any atom is -0.263 e. The van der Waals surface area contributed by atoms with Gasteiger partial charge in [0.2, 0.25) is 0 Å². The molecule has 0 unspecified atom stereocenters. The van der Waals surface area contributed by atoms with Crippen LogP contribution in [0.3, 0.4) is 0 Å². The molecule has 0 spiro atoms. The van der Waals surface area contributed by atoms with Crippen molar-refractivity contribution in [2.45, 2.75) is 110 Å². The second-order valence-electron chi connectivity index (χ2n) is 7.03. The van der Waals surface area contributed by atoms with Gasteiger partial charge in [0.25, 0.3) is 0 Å². The summed E-state index contributed by atoms with van der Waals surface area (Å²) < 4.78 is 58.7. The van der Waals surface area contributed by atoms with Crippen LogP contribution in [0.1, 0.15) is 110 Å². The predicted molar refractivity (Wildman–Crippen MR) is 107 cm³/mol. The molecule has 1 N–H and O–H groups in total. The fourth-order valence-electron chi connectivity index (χ4n) is 2.94. The first-order chi connectivity index (χ1) is 12.8. The molecule has 7 nitrogen and oxygen atoms in total. The first kappa shape index (κ1) is 26.8. The fourth-order valence-corrected chi connectivity index (χ4v) is 4.26. The SMILES string of the molecule is CCCCCCCCCCCCCCCCCCOS(=O)(=O)OS(=O)(=O)O. The zero-order valence-electron chi connectivity index (χ0n) is 16.7.